The van der Waals surface area contributed by atoms with Gasteiger partial charge in [-0.3, -0.25) is 4.99 Å². The van der Waals surface area contributed by atoms with Crippen LogP contribution in [0.4, 0.5) is 0 Å². The largest absolute Gasteiger partial charge is 0.352 e. The molecule has 8 heteroatoms. The zero-order valence-corrected chi connectivity index (χ0v) is 19.9. The minimum atomic E-state index is 0. The lowest BCUT2D eigenvalue weighted by Gasteiger charge is -2.20. The summed E-state index contributed by atoms with van der Waals surface area (Å²) < 4.78 is 1.87. The Morgan fingerprint density at radius 3 is 2.48 bits per heavy atom. The highest BCUT2D eigenvalue weighted by Gasteiger charge is 2.10. The number of aliphatic imine (C=N–C) groups is 1. The van der Waals surface area contributed by atoms with Gasteiger partial charge in [0.2, 0.25) is 0 Å². The number of H-pyrrole nitrogens is 1. The van der Waals surface area contributed by atoms with Crippen LogP contribution in [0.1, 0.15) is 11.4 Å². The molecule has 0 radical (unpaired) electrons. The summed E-state index contributed by atoms with van der Waals surface area (Å²) in [7, 11) is 3.77. The van der Waals surface area contributed by atoms with Gasteiger partial charge in [-0.2, -0.15) is 5.10 Å². The van der Waals surface area contributed by atoms with Crippen molar-refractivity contribution in [3.8, 4) is 16.9 Å². The summed E-state index contributed by atoms with van der Waals surface area (Å²) in [5, 5.41) is 7.83. The first-order valence-corrected chi connectivity index (χ1v) is 9.83. The van der Waals surface area contributed by atoms with Gasteiger partial charge in [-0.15, -0.1) is 24.0 Å². The lowest BCUT2D eigenvalue weighted by Crippen LogP contribution is -2.38. The Kier molecular flexibility index (Phi) is 7.82. The lowest BCUT2D eigenvalue weighted by atomic mass is 10.2. The van der Waals surface area contributed by atoms with Crippen LogP contribution in [0.5, 0.6) is 0 Å². The maximum Gasteiger partial charge on any atom is 0.194 e. The SMILES string of the molecule is CN=C(NCc1cnn(-c2ccccc2)c1)N(C)Cc1ncc(-c2ccccc2)[nH]1.I. The van der Waals surface area contributed by atoms with Crippen molar-refractivity contribution in [3.05, 3.63) is 90.6 Å². The number of hydrogen-bond donors (Lipinski definition) is 2. The van der Waals surface area contributed by atoms with Crippen molar-refractivity contribution in [2.24, 2.45) is 4.99 Å². The Hall–Kier alpha value is -3.14. The number of para-hydroxylation sites is 1. The second kappa shape index (κ2) is 10.8. The predicted octanol–water partition coefficient (Wildman–Crippen LogP) is 4.09. The van der Waals surface area contributed by atoms with E-state index in [4.69, 9.17) is 0 Å². The van der Waals surface area contributed by atoms with Gasteiger partial charge >= 0.3 is 0 Å². The number of aromatic amines is 1. The number of guanidine groups is 1. The summed E-state index contributed by atoms with van der Waals surface area (Å²) in [5.41, 5.74) is 4.25. The molecule has 7 nitrogen and oxygen atoms in total. The third-order valence-corrected chi connectivity index (χ3v) is 4.78. The first kappa shape index (κ1) is 22.5. The van der Waals surface area contributed by atoms with E-state index in [2.05, 4.69) is 37.5 Å². The van der Waals surface area contributed by atoms with Crippen molar-refractivity contribution in [2.45, 2.75) is 13.1 Å². The van der Waals surface area contributed by atoms with Crippen LogP contribution in [-0.4, -0.2) is 44.7 Å². The van der Waals surface area contributed by atoms with Gasteiger partial charge in [0.25, 0.3) is 0 Å². The maximum atomic E-state index is 4.51. The number of rotatable bonds is 6. The summed E-state index contributed by atoms with van der Waals surface area (Å²) in [4.78, 5) is 14.3. The molecule has 0 atom stereocenters. The number of benzene rings is 2. The molecule has 0 bridgehead atoms. The number of imidazole rings is 1. The van der Waals surface area contributed by atoms with E-state index < -0.39 is 0 Å². The van der Waals surface area contributed by atoms with Crippen LogP contribution in [0.15, 0.2) is 84.2 Å². The molecular weight excluding hydrogens is 501 g/mol. The second-order valence-corrected chi connectivity index (χ2v) is 7.00. The van der Waals surface area contributed by atoms with Gasteiger partial charge in [0, 0.05) is 32.4 Å². The molecule has 2 N–H and O–H groups in total. The highest BCUT2D eigenvalue weighted by atomic mass is 127. The van der Waals surface area contributed by atoms with Crippen molar-refractivity contribution in [1.82, 2.24) is 30.0 Å². The van der Waals surface area contributed by atoms with Gasteiger partial charge in [0.1, 0.15) is 5.82 Å². The van der Waals surface area contributed by atoms with Crippen LogP contribution < -0.4 is 5.32 Å². The summed E-state index contributed by atoms with van der Waals surface area (Å²) in [6, 6.07) is 20.3. The van der Waals surface area contributed by atoms with Crippen LogP contribution >= 0.6 is 24.0 Å². The van der Waals surface area contributed by atoms with Crippen LogP contribution in [0, 0.1) is 0 Å². The molecule has 4 rings (SSSR count). The quantitative estimate of drug-likeness (QED) is 0.225. The van der Waals surface area contributed by atoms with Gasteiger partial charge in [-0.25, -0.2) is 9.67 Å². The summed E-state index contributed by atoms with van der Waals surface area (Å²) >= 11 is 0. The lowest BCUT2D eigenvalue weighted by molar-refractivity contribution is 0.464. The molecule has 0 saturated heterocycles. The average Bonchev–Trinajstić information content (AvgIpc) is 3.45. The standard InChI is InChI=1S/C23H25N7.HI/c1-24-23(26-13-18-14-27-30(16-18)20-11-7-4-8-12-20)29(2)17-22-25-15-21(28-22)19-9-5-3-6-10-19;/h3-12,14-16H,13,17H2,1-2H3,(H,24,26)(H,25,28);1H. The van der Waals surface area contributed by atoms with Crippen LogP contribution in [0.25, 0.3) is 16.9 Å². The van der Waals surface area contributed by atoms with Crippen molar-refractivity contribution in [3.63, 3.8) is 0 Å². The normalized spacial score (nSPS) is 11.1. The van der Waals surface area contributed by atoms with E-state index in [0.29, 0.717) is 13.1 Å². The van der Waals surface area contributed by atoms with Crippen LogP contribution in [0.3, 0.4) is 0 Å². The molecule has 0 spiro atoms. The van der Waals surface area contributed by atoms with Gasteiger partial charge in [-0.1, -0.05) is 48.5 Å². The molecule has 0 unspecified atom stereocenters. The molecule has 31 heavy (non-hydrogen) atoms. The minimum absolute atomic E-state index is 0. The number of halogens is 1. The van der Waals surface area contributed by atoms with Gasteiger partial charge < -0.3 is 15.2 Å². The van der Waals surface area contributed by atoms with Crippen molar-refractivity contribution >= 4 is 29.9 Å². The van der Waals surface area contributed by atoms with Crippen LogP contribution in [-0.2, 0) is 13.1 Å². The molecular formula is C23H26IN7. The fourth-order valence-corrected chi connectivity index (χ4v) is 3.25. The molecule has 4 aromatic rings. The maximum absolute atomic E-state index is 4.51. The van der Waals surface area contributed by atoms with E-state index in [1.54, 1.807) is 7.05 Å². The predicted molar refractivity (Wildman–Crippen MR) is 135 cm³/mol. The molecule has 2 aromatic heterocycles. The number of aromatic nitrogens is 4. The first-order chi connectivity index (χ1) is 14.7. The molecule has 160 valence electrons. The Morgan fingerprint density at radius 1 is 1.06 bits per heavy atom. The van der Waals surface area contributed by atoms with Gasteiger partial charge in [-0.05, 0) is 17.7 Å². The van der Waals surface area contributed by atoms with Gasteiger partial charge in [0.05, 0.1) is 30.3 Å². The van der Waals surface area contributed by atoms with E-state index in [0.717, 1.165) is 34.3 Å². The van der Waals surface area contributed by atoms with E-state index in [9.17, 15) is 0 Å². The molecule has 0 aliphatic carbocycles. The fraction of sp³-hybridized carbons (Fsp3) is 0.174. The molecule has 0 fully saturated rings. The molecule has 2 heterocycles. The molecule has 0 aliphatic rings. The Morgan fingerprint density at radius 2 is 1.77 bits per heavy atom. The topological polar surface area (TPSA) is 74.1 Å². The van der Waals surface area contributed by atoms with Crippen molar-refractivity contribution in [2.75, 3.05) is 14.1 Å². The summed E-state index contributed by atoms with van der Waals surface area (Å²) in [6.45, 7) is 1.26. The third kappa shape index (κ3) is 5.72. The molecule has 0 aliphatic heterocycles. The summed E-state index contributed by atoms with van der Waals surface area (Å²) in [6.07, 6.45) is 5.76. The van der Waals surface area contributed by atoms with Crippen molar-refractivity contribution < 1.29 is 0 Å². The summed E-state index contributed by atoms with van der Waals surface area (Å²) in [5.74, 6) is 1.68. The highest BCUT2D eigenvalue weighted by Crippen LogP contribution is 2.16. The Bertz CT molecular complexity index is 1100. The zero-order valence-electron chi connectivity index (χ0n) is 17.6. The Balaban J connectivity index is 0.00000272. The molecule has 0 saturated carbocycles. The van der Waals surface area contributed by atoms with Crippen LogP contribution in [0.2, 0.25) is 0 Å². The zero-order chi connectivity index (χ0) is 20.8. The minimum Gasteiger partial charge on any atom is -0.352 e. The second-order valence-electron chi connectivity index (χ2n) is 7.00. The van der Waals surface area contributed by atoms with E-state index in [1.807, 2.05) is 83.8 Å². The Labute approximate surface area is 199 Å². The van der Waals surface area contributed by atoms with E-state index >= 15 is 0 Å². The number of nitrogens with one attached hydrogen (secondary N) is 2. The molecule has 2 aromatic carbocycles. The number of nitrogens with zero attached hydrogens (tertiary/aromatic N) is 5. The van der Waals surface area contributed by atoms with Crippen molar-refractivity contribution in [1.29, 1.82) is 0 Å². The monoisotopic (exact) mass is 527 g/mol. The fourth-order valence-electron chi connectivity index (χ4n) is 3.25. The smallest absolute Gasteiger partial charge is 0.194 e. The average molecular weight is 527 g/mol. The highest BCUT2D eigenvalue weighted by molar-refractivity contribution is 14.0. The van der Waals surface area contributed by atoms with E-state index in [-0.39, 0.29) is 24.0 Å². The first-order valence-electron chi connectivity index (χ1n) is 9.83. The molecule has 0 amide bonds. The van der Waals surface area contributed by atoms with E-state index in [1.165, 1.54) is 0 Å². The van der Waals surface area contributed by atoms with Gasteiger partial charge in [0.15, 0.2) is 5.96 Å². The third-order valence-electron chi connectivity index (χ3n) is 4.78. The number of hydrogen-bond acceptors (Lipinski definition) is 3.